The van der Waals surface area contributed by atoms with E-state index in [1.807, 2.05) is 14.0 Å². The van der Waals surface area contributed by atoms with Gasteiger partial charge in [0.2, 0.25) is 5.91 Å². The highest BCUT2D eigenvalue weighted by Crippen LogP contribution is 2.05. The van der Waals surface area contributed by atoms with Crippen LogP contribution in [0, 0.1) is 0 Å². The number of amides is 1. The van der Waals surface area contributed by atoms with Crippen LogP contribution >= 0.6 is 11.6 Å². The molecule has 1 amide bonds. The molecule has 0 aliphatic heterocycles. The third-order valence-electron chi connectivity index (χ3n) is 1.85. The Morgan fingerprint density at radius 3 is 2.50 bits per heavy atom. The normalized spacial score (nSPS) is 12.7. The van der Waals surface area contributed by atoms with E-state index in [2.05, 4.69) is 6.92 Å². The van der Waals surface area contributed by atoms with Gasteiger partial charge in [-0.2, -0.15) is 0 Å². The van der Waals surface area contributed by atoms with Crippen LogP contribution in [0.5, 0.6) is 0 Å². The molecule has 0 saturated heterocycles. The number of hydrogen-bond donors (Lipinski definition) is 0. The van der Waals surface area contributed by atoms with Gasteiger partial charge in [0.15, 0.2) is 0 Å². The third-order valence-corrected chi connectivity index (χ3v) is 2.34. The number of carbonyl (C=O) groups excluding carboxylic acids is 1. The molecule has 2 nitrogen and oxygen atoms in total. The molecule has 3 heteroatoms. The number of carbonyl (C=O) groups is 1. The van der Waals surface area contributed by atoms with Crippen LogP contribution in [0.25, 0.3) is 0 Å². The second-order valence-corrected chi connectivity index (χ2v) is 3.52. The quantitative estimate of drug-likeness (QED) is 0.611. The molecule has 72 valence electrons. The van der Waals surface area contributed by atoms with Gasteiger partial charge in [0.1, 0.15) is 5.38 Å². The van der Waals surface area contributed by atoms with E-state index in [0.29, 0.717) is 6.42 Å². The summed E-state index contributed by atoms with van der Waals surface area (Å²) in [6.07, 6.45) is 2.86. The Balaban J connectivity index is 3.75. The topological polar surface area (TPSA) is 20.3 Å². The molecule has 0 heterocycles. The van der Waals surface area contributed by atoms with E-state index in [-0.39, 0.29) is 11.3 Å². The van der Waals surface area contributed by atoms with Crippen molar-refractivity contribution in [2.24, 2.45) is 0 Å². The zero-order valence-electron chi connectivity index (χ0n) is 8.14. The van der Waals surface area contributed by atoms with Crippen molar-refractivity contribution in [3.63, 3.8) is 0 Å². The van der Waals surface area contributed by atoms with Crippen LogP contribution in [0.4, 0.5) is 0 Å². The highest BCUT2D eigenvalue weighted by Gasteiger charge is 2.16. The first kappa shape index (κ1) is 11.8. The van der Waals surface area contributed by atoms with E-state index in [1.165, 1.54) is 0 Å². The zero-order chi connectivity index (χ0) is 9.56. The molecule has 12 heavy (non-hydrogen) atoms. The second kappa shape index (κ2) is 6.30. The molecule has 0 fully saturated rings. The molecular formula is C9H18ClNO. The molecule has 1 atom stereocenters. The summed E-state index contributed by atoms with van der Waals surface area (Å²) in [7, 11) is 1.81. The van der Waals surface area contributed by atoms with Crippen molar-refractivity contribution in [1.82, 2.24) is 4.90 Å². The van der Waals surface area contributed by atoms with Crippen LogP contribution < -0.4 is 0 Å². The lowest BCUT2D eigenvalue weighted by Gasteiger charge is -2.18. The minimum Gasteiger partial charge on any atom is -0.344 e. The van der Waals surface area contributed by atoms with Crippen LogP contribution in [-0.2, 0) is 4.79 Å². The van der Waals surface area contributed by atoms with Gasteiger partial charge in [-0.25, -0.2) is 0 Å². The van der Waals surface area contributed by atoms with Crippen molar-refractivity contribution in [1.29, 1.82) is 0 Å². The molecular weight excluding hydrogens is 174 g/mol. The zero-order valence-corrected chi connectivity index (χ0v) is 8.90. The smallest absolute Gasteiger partial charge is 0.240 e. The van der Waals surface area contributed by atoms with Crippen molar-refractivity contribution in [2.75, 3.05) is 13.6 Å². The lowest BCUT2D eigenvalue weighted by Crippen LogP contribution is -2.33. The molecule has 0 N–H and O–H groups in total. The molecule has 0 bridgehead atoms. The van der Waals surface area contributed by atoms with Gasteiger partial charge in [-0.05, 0) is 12.8 Å². The summed E-state index contributed by atoms with van der Waals surface area (Å²) >= 11 is 5.80. The van der Waals surface area contributed by atoms with Crippen molar-refractivity contribution >= 4 is 17.5 Å². The Kier molecular flexibility index (Phi) is 6.17. The van der Waals surface area contributed by atoms with Crippen molar-refractivity contribution in [3.8, 4) is 0 Å². The number of unbranched alkanes of at least 4 members (excludes halogenated alkanes) is 1. The first-order chi connectivity index (χ1) is 5.63. The molecule has 1 unspecified atom stereocenters. The predicted octanol–water partition coefficient (Wildman–Crippen LogP) is 2.26. The summed E-state index contributed by atoms with van der Waals surface area (Å²) < 4.78 is 0. The highest BCUT2D eigenvalue weighted by atomic mass is 35.5. The number of rotatable bonds is 5. The average Bonchev–Trinajstić information content (AvgIpc) is 2.11. The predicted molar refractivity (Wildman–Crippen MR) is 52.5 cm³/mol. The van der Waals surface area contributed by atoms with E-state index in [0.717, 1.165) is 19.4 Å². The fraction of sp³-hybridized carbons (Fsp3) is 0.889. The third kappa shape index (κ3) is 3.96. The molecule has 0 rings (SSSR count). The largest absolute Gasteiger partial charge is 0.344 e. The van der Waals surface area contributed by atoms with Crippen LogP contribution in [-0.4, -0.2) is 29.8 Å². The van der Waals surface area contributed by atoms with Crippen molar-refractivity contribution in [3.05, 3.63) is 0 Å². The average molecular weight is 192 g/mol. The van der Waals surface area contributed by atoms with Gasteiger partial charge in [-0.3, -0.25) is 4.79 Å². The summed E-state index contributed by atoms with van der Waals surface area (Å²) in [5, 5.41) is -0.341. The number of hydrogen-bond acceptors (Lipinski definition) is 1. The van der Waals surface area contributed by atoms with E-state index < -0.39 is 0 Å². The Hall–Kier alpha value is -0.240. The number of halogens is 1. The maximum atomic E-state index is 11.4. The monoisotopic (exact) mass is 191 g/mol. The van der Waals surface area contributed by atoms with Crippen LogP contribution in [0.1, 0.15) is 33.1 Å². The number of nitrogens with zero attached hydrogens (tertiary/aromatic N) is 1. The fourth-order valence-electron chi connectivity index (χ4n) is 0.919. The molecule has 0 saturated carbocycles. The number of alkyl halides is 1. The molecule has 0 aliphatic rings. The van der Waals surface area contributed by atoms with E-state index in [4.69, 9.17) is 11.6 Å². The van der Waals surface area contributed by atoms with Gasteiger partial charge in [0.25, 0.3) is 0 Å². The van der Waals surface area contributed by atoms with E-state index in [9.17, 15) is 4.79 Å². The molecule has 0 aromatic carbocycles. The van der Waals surface area contributed by atoms with Gasteiger partial charge in [-0.15, -0.1) is 11.6 Å². The van der Waals surface area contributed by atoms with Gasteiger partial charge in [-0.1, -0.05) is 20.3 Å². The van der Waals surface area contributed by atoms with Crippen LogP contribution in [0.3, 0.4) is 0 Å². The Bertz CT molecular complexity index is 138. The Labute approximate surface area is 79.9 Å². The highest BCUT2D eigenvalue weighted by molar-refractivity contribution is 6.30. The fourth-order valence-corrected chi connectivity index (χ4v) is 1.09. The lowest BCUT2D eigenvalue weighted by atomic mass is 10.2. The maximum Gasteiger partial charge on any atom is 0.240 e. The van der Waals surface area contributed by atoms with E-state index in [1.54, 1.807) is 4.90 Å². The summed E-state index contributed by atoms with van der Waals surface area (Å²) in [5.41, 5.74) is 0. The molecule has 0 spiro atoms. The van der Waals surface area contributed by atoms with Crippen LogP contribution in [0.15, 0.2) is 0 Å². The standard InChI is InChI=1S/C9H18ClNO/c1-4-6-7-11(3)9(12)8(10)5-2/h8H,4-7H2,1-3H3. The Morgan fingerprint density at radius 1 is 1.50 bits per heavy atom. The summed E-state index contributed by atoms with van der Waals surface area (Å²) in [4.78, 5) is 13.1. The van der Waals surface area contributed by atoms with Gasteiger partial charge in [0, 0.05) is 13.6 Å². The van der Waals surface area contributed by atoms with Gasteiger partial charge in [0.05, 0.1) is 0 Å². The molecule has 0 aromatic heterocycles. The van der Waals surface area contributed by atoms with Gasteiger partial charge >= 0.3 is 0 Å². The van der Waals surface area contributed by atoms with E-state index >= 15 is 0 Å². The lowest BCUT2D eigenvalue weighted by molar-refractivity contribution is -0.129. The minimum atomic E-state index is -0.341. The molecule has 0 aromatic rings. The second-order valence-electron chi connectivity index (χ2n) is 2.99. The van der Waals surface area contributed by atoms with Crippen LogP contribution in [0.2, 0.25) is 0 Å². The van der Waals surface area contributed by atoms with Crippen molar-refractivity contribution in [2.45, 2.75) is 38.5 Å². The Morgan fingerprint density at radius 2 is 2.08 bits per heavy atom. The van der Waals surface area contributed by atoms with Crippen molar-refractivity contribution < 1.29 is 4.79 Å². The molecule has 0 aliphatic carbocycles. The summed E-state index contributed by atoms with van der Waals surface area (Å²) in [6, 6.07) is 0. The summed E-state index contributed by atoms with van der Waals surface area (Å²) in [6.45, 7) is 4.85. The first-order valence-corrected chi connectivity index (χ1v) is 4.96. The molecule has 0 radical (unpaired) electrons. The SMILES string of the molecule is CCCCN(C)C(=O)C(Cl)CC. The summed E-state index contributed by atoms with van der Waals surface area (Å²) in [5.74, 6) is 0.0487. The first-order valence-electron chi connectivity index (χ1n) is 4.52. The minimum absolute atomic E-state index is 0.0487. The maximum absolute atomic E-state index is 11.4. The van der Waals surface area contributed by atoms with Gasteiger partial charge < -0.3 is 4.90 Å².